The van der Waals surface area contributed by atoms with Crippen molar-refractivity contribution in [2.24, 2.45) is 5.92 Å². The summed E-state index contributed by atoms with van der Waals surface area (Å²) in [7, 11) is 4.29. The third kappa shape index (κ3) is 19.3. The molecule has 642 valence electrons. The first kappa shape index (κ1) is 85.1. The van der Waals surface area contributed by atoms with E-state index in [1.165, 1.54) is 93.3 Å². The Labute approximate surface area is 728 Å². The van der Waals surface area contributed by atoms with E-state index in [-0.39, 0.29) is 55.5 Å². The van der Waals surface area contributed by atoms with E-state index >= 15 is 0 Å². The highest BCUT2D eigenvalue weighted by Crippen LogP contribution is 2.40. The Morgan fingerprint density at radius 3 is 1.16 bits per heavy atom. The van der Waals surface area contributed by atoms with Crippen LogP contribution in [0.15, 0.2) is 165 Å². The lowest BCUT2D eigenvalue weighted by Gasteiger charge is -2.41. The Morgan fingerprint density at radius 2 is 0.790 bits per heavy atom. The molecule has 9 aliphatic rings. The van der Waals surface area contributed by atoms with Gasteiger partial charge in [-0.05, 0) is 144 Å². The summed E-state index contributed by atoms with van der Waals surface area (Å²) in [6, 6.07) is 45.8. The monoisotopic (exact) mass is 1670 g/mol. The number of aromatic nitrogens is 6. The smallest absolute Gasteiger partial charge is 0.318 e. The fraction of sp³-hybridized carbons (Fsp3) is 0.443. The number of piperidine rings is 1. The van der Waals surface area contributed by atoms with Gasteiger partial charge in [0, 0.05) is 153 Å². The van der Waals surface area contributed by atoms with E-state index < -0.39 is 0 Å². The molecule has 27 heteroatoms. The number of carbonyl (C=O) groups excluding carboxylic acids is 3. The van der Waals surface area contributed by atoms with Crippen LogP contribution < -0.4 is 43.6 Å². The summed E-state index contributed by atoms with van der Waals surface area (Å²) in [5.74, 6) is 2.73. The Kier molecular flexibility index (Phi) is 27.3. The number of piperazine rings is 3. The molecule has 6 aromatic carbocycles. The highest BCUT2D eigenvalue weighted by molar-refractivity contribution is 5.97. The SMILES string of the molecule is [C-]#[N+]C[C@H]1CN(c2nc(OCCN3CCCCC3)nc3c2CCN(c2cccc4ccccc24)C3)CCN1C(=O)C=C.[C-]#[N+]C[C@H]1CN(c2nc(OC[C@@H]3CCCN3C)nc3c2CCN(c2cccc4ccccc24)C3)CCN1C(=O)C=C.[C-]#[N+]C[C@H]1CN(c2nc(OC[C@@H]3CCN(C)C3)nc3c2CCN(c2cccc4ccccc24)C3)CCN1C(=O)C=C. The zero-order chi connectivity index (χ0) is 85.6. The summed E-state index contributed by atoms with van der Waals surface area (Å²) in [4.78, 5) is 105. The number of ether oxygens (including phenoxy) is 3. The number of hydrogen-bond acceptors (Lipinski definition) is 21. The second-order valence-corrected chi connectivity index (χ2v) is 33.9. The van der Waals surface area contributed by atoms with Gasteiger partial charge >= 0.3 is 18.0 Å². The minimum Gasteiger partial charge on any atom is -0.463 e. The molecule has 0 spiro atoms. The summed E-state index contributed by atoms with van der Waals surface area (Å²) < 4.78 is 18.8. The van der Waals surface area contributed by atoms with Crippen LogP contribution in [0.5, 0.6) is 18.0 Å². The van der Waals surface area contributed by atoms with Crippen LogP contribution in [-0.2, 0) is 53.3 Å². The molecule has 9 aromatic rings. The molecule has 6 fully saturated rings. The van der Waals surface area contributed by atoms with Crippen molar-refractivity contribution < 1.29 is 28.6 Å². The molecule has 9 aliphatic heterocycles. The Balaban J connectivity index is 0.000000137. The first-order chi connectivity index (χ1) is 60.7. The molecule has 0 unspecified atom stereocenters. The van der Waals surface area contributed by atoms with Gasteiger partial charge in [-0.15, -0.1) is 0 Å². The standard InChI is InChI=1S/C33H39N7O2.2C32H37N7O2/c1-3-31(41)40-19-18-39(23-26(40)22-34-2)32-28-14-17-38(30-13-9-11-25-10-5-6-12-27(25)30)24-29(28)35-33(36-32)42-21-20-37-15-7-4-8-16-37;1-4-30(40)39-18-17-38(20-25(39)19-33-2)31-27-14-16-37(29-13-7-10-23-9-5-6-12-26(23)29)21-28(27)34-32(35-31)41-22-24-11-8-15-36(24)3;1-4-30(40)39-17-16-38(20-25(39)18-33-2)31-27-13-15-37(29-11-7-9-24-8-5-6-10-26(24)29)21-28(27)34-32(35-31)41-22-23-12-14-36(3)19-23/h3,5-6,9-13,26H,1,4,7-8,14-24H2;4-7,9-10,12-13,24-25H,1,8,11,14-22H2,3H3;4-11,23,25H,1,12-22H2,3H3/t26-;24-,25-;23-,25+/m001/s1. The molecule has 0 aliphatic carbocycles. The van der Waals surface area contributed by atoms with Crippen molar-refractivity contribution in [3.8, 4) is 18.0 Å². The van der Waals surface area contributed by atoms with Crippen LogP contribution in [0.2, 0.25) is 0 Å². The van der Waals surface area contributed by atoms with Gasteiger partial charge in [0.25, 0.3) is 0 Å². The van der Waals surface area contributed by atoms with Gasteiger partial charge in [0.2, 0.25) is 37.4 Å². The lowest BCUT2D eigenvalue weighted by Crippen LogP contribution is -2.56. The van der Waals surface area contributed by atoms with Gasteiger partial charge in [-0.2, -0.15) is 29.9 Å². The second kappa shape index (κ2) is 39.8. The van der Waals surface area contributed by atoms with Crippen molar-refractivity contribution in [2.75, 3.05) is 201 Å². The van der Waals surface area contributed by atoms with E-state index in [2.05, 4.69) is 220 Å². The quantitative estimate of drug-likeness (QED) is 0.0456. The van der Waals surface area contributed by atoms with Gasteiger partial charge < -0.3 is 82.6 Å². The molecule has 3 amide bonds. The highest BCUT2D eigenvalue weighted by Gasteiger charge is 2.40. The van der Waals surface area contributed by atoms with Crippen LogP contribution in [-0.4, -0.2) is 273 Å². The third-order valence-corrected chi connectivity index (χ3v) is 26.1. The largest absolute Gasteiger partial charge is 0.463 e. The average molecular weight is 1670 g/mol. The fourth-order valence-electron chi connectivity index (χ4n) is 19.5. The summed E-state index contributed by atoms with van der Waals surface area (Å²) in [5.41, 5.74) is 9.99. The van der Waals surface area contributed by atoms with Crippen LogP contribution in [0, 0.1) is 25.6 Å². The minimum atomic E-state index is -0.218. The second-order valence-electron chi connectivity index (χ2n) is 33.9. The molecule has 3 aromatic heterocycles. The van der Waals surface area contributed by atoms with E-state index in [1.807, 2.05) is 0 Å². The average Bonchev–Trinajstić information content (AvgIpc) is 0.898. The molecule has 0 radical (unpaired) electrons. The number of amides is 3. The molecule has 12 heterocycles. The minimum absolute atomic E-state index is 0.125. The number of hydrogen-bond donors (Lipinski definition) is 0. The number of carbonyl (C=O) groups is 3. The van der Waals surface area contributed by atoms with Gasteiger partial charge in [0.05, 0.1) is 43.3 Å². The van der Waals surface area contributed by atoms with Gasteiger partial charge in [-0.25, -0.2) is 19.7 Å². The number of fused-ring (bicyclic) bond motifs is 6. The molecule has 6 saturated heterocycles. The number of anilines is 6. The zero-order valence-electron chi connectivity index (χ0n) is 71.7. The maximum atomic E-state index is 12.5. The van der Waals surface area contributed by atoms with Crippen LogP contribution in [0.4, 0.5) is 34.5 Å². The topological polar surface area (TPSA) is 208 Å². The van der Waals surface area contributed by atoms with Gasteiger partial charge in [-0.1, -0.05) is 135 Å². The van der Waals surface area contributed by atoms with Crippen molar-refractivity contribution in [3.63, 3.8) is 0 Å². The van der Waals surface area contributed by atoms with E-state index in [0.717, 1.165) is 142 Å². The van der Waals surface area contributed by atoms with Gasteiger partial charge in [-0.3, -0.25) is 19.3 Å². The van der Waals surface area contributed by atoms with Crippen molar-refractivity contribution in [1.82, 2.24) is 59.3 Å². The summed E-state index contributed by atoms with van der Waals surface area (Å²) in [6.07, 6.45) is 13.6. The van der Waals surface area contributed by atoms with Crippen LogP contribution in [0.3, 0.4) is 0 Å². The lowest BCUT2D eigenvalue weighted by atomic mass is 10.0. The van der Waals surface area contributed by atoms with Crippen molar-refractivity contribution in [3.05, 3.63) is 233 Å². The maximum Gasteiger partial charge on any atom is 0.318 e. The molecule has 18 rings (SSSR count). The number of nitrogens with zero attached hydrogens (tertiary/aromatic N) is 21. The summed E-state index contributed by atoms with van der Waals surface area (Å²) in [6.45, 7) is 51.9. The predicted molar refractivity (Wildman–Crippen MR) is 488 cm³/mol. The fourth-order valence-corrected chi connectivity index (χ4v) is 19.5. The predicted octanol–water partition coefficient (Wildman–Crippen LogP) is 11.6. The molecule has 0 saturated carbocycles. The van der Waals surface area contributed by atoms with Crippen molar-refractivity contribution >= 4 is 84.6 Å². The summed E-state index contributed by atoms with van der Waals surface area (Å²) in [5, 5.41) is 7.38. The molecule has 27 nitrogen and oxygen atoms in total. The molecule has 0 bridgehead atoms. The van der Waals surface area contributed by atoms with E-state index in [4.69, 9.17) is 63.8 Å². The zero-order valence-corrected chi connectivity index (χ0v) is 71.7. The lowest BCUT2D eigenvalue weighted by molar-refractivity contribution is -0.129. The van der Waals surface area contributed by atoms with Crippen LogP contribution in [0.1, 0.15) is 72.3 Å². The number of likely N-dealkylation sites (tertiary alicyclic amines) is 3. The van der Waals surface area contributed by atoms with Crippen LogP contribution in [0.25, 0.3) is 46.9 Å². The van der Waals surface area contributed by atoms with Crippen molar-refractivity contribution in [1.29, 1.82) is 0 Å². The Bertz CT molecular complexity index is 5490. The number of rotatable bonds is 22. The highest BCUT2D eigenvalue weighted by atomic mass is 16.5. The number of likely N-dealkylation sites (N-methyl/N-ethyl adjacent to an activating group) is 1. The molecular formula is C97H113N21O6. The third-order valence-electron chi connectivity index (χ3n) is 26.1. The first-order valence-electron chi connectivity index (χ1n) is 44.1. The molecular weight excluding hydrogens is 1560 g/mol. The van der Waals surface area contributed by atoms with Crippen LogP contribution >= 0.6 is 0 Å². The summed E-state index contributed by atoms with van der Waals surface area (Å²) >= 11 is 0. The molecule has 0 N–H and O–H groups in total. The first-order valence-corrected chi connectivity index (χ1v) is 44.1. The molecule has 5 atom stereocenters. The van der Waals surface area contributed by atoms with E-state index in [0.29, 0.717) is 128 Å². The van der Waals surface area contributed by atoms with E-state index in [9.17, 15) is 14.4 Å². The van der Waals surface area contributed by atoms with Gasteiger partial charge in [0.1, 0.15) is 48.8 Å². The normalized spacial score (nSPS) is 20.4. The van der Waals surface area contributed by atoms with E-state index in [1.54, 1.807) is 14.7 Å². The Hall–Kier alpha value is -12.5. The number of benzene rings is 6. The maximum absolute atomic E-state index is 12.5. The molecule has 124 heavy (non-hydrogen) atoms. The van der Waals surface area contributed by atoms with Crippen molar-refractivity contribution in [2.45, 2.75) is 102 Å². The van der Waals surface area contributed by atoms with Gasteiger partial charge in [0.15, 0.2) is 0 Å². The Morgan fingerprint density at radius 1 is 0.403 bits per heavy atom.